The Kier molecular flexibility index (Phi) is 7.50. The SMILES string of the molecule is CC(C)c1c(C(=O)NCCC2CCNC2)cnn1-c1ccc(Cl)cc1.Cl. The van der Waals surface area contributed by atoms with E-state index in [2.05, 4.69) is 29.6 Å². The molecule has 1 unspecified atom stereocenters. The molecule has 1 aliphatic rings. The monoisotopic (exact) mass is 396 g/mol. The number of carbonyl (C=O) groups excluding carboxylic acids is 1. The summed E-state index contributed by atoms with van der Waals surface area (Å²) in [6, 6.07) is 7.49. The van der Waals surface area contributed by atoms with Crippen LogP contribution in [-0.2, 0) is 0 Å². The number of rotatable bonds is 6. The number of nitrogens with zero attached hydrogens (tertiary/aromatic N) is 2. The van der Waals surface area contributed by atoms with Crippen LogP contribution < -0.4 is 10.6 Å². The van der Waals surface area contributed by atoms with Crippen molar-refractivity contribution < 1.29 is 4.79 Å². The van der Waals surface area contributed by atoms with Gasteiger partial charge in [0.25, 0.3) is 5.91 Å². The molecule has 2 N–H and O–H groups in total. The van der Waals surface area contributed by atoms with Crippen LogP contribution in [0.2, 0.25) is 5.02 Å². The molecule has 1 aromatic carbocycles. The molecule has 2 heterocycles. The second-order valence-electron chi connectivity index (χ2n) is 6.89. The van der Waals surface area contributed by atoms with Gasteiger partial charge in [0.1, 0.15) is 0 Å². The molecule has 142 valence electrons. The van der Waals surface area contributed by atoms with Crippen molar-refractivity contribution in [3.8, 4) is 5.69 Å². The zero-order valence-corrected chi connectivity index (χ0v) is 16.7. The first-order chi connectivity index (χ1) is 12.1. The summed E-state index contributed by atoms with van der Waals surface area (Å²) in [7, 11) is 0. The lowest BCUT2D eigenvalue weighted by atomic mass is 10.0. The first kappa shape index (κ1) is 20.7. The molecular weight excluding hydrogens is 371 g/mol. The third-order valence-corrected chi connectivity index (χ3v) is 4.92. The van der Waals surface area contributed by atoms with Gasteiger partial charge in [-0.1, -0.05) is 25.4 Å². The van der Waals surface area contributed by atoms with Gasteiger partial charge >= 0.3 is 0 Å². The molecule has 2 aromatic rings. The van der Waals surface area contributed by atoms with Crippen molar-refractivity contribution in [1.29, 1.82) is 0 Å². The summed E-state index contributed by atoms with van der Waals surface area (Å²) in [5, 5.41) is 11.5. The summed E-state index contributed by atoms with van der Waals surface area (Å²) in [5.41, 5.74) is 2.47. The molecule has 1 aliphatic heterocycles. The zero-order chi connectivity index (χ0) is 17.8. The molecule has 5 nitrogen and oxygen atoms in total. The van der Waals surface area contributed by atoms with Crippen LogP contribution in [0.5, 0.6) is 0 Å². The van der Waals surface area contributed by atoms with Crippen LogP contribution in [0, 0.1) is 5.92 Å². The van der Waals surface area contributed by atoms with E-state index in [1.807, 2.05) is 28.9 Å². The van der Waals surface area contributed by atoms with E-state index in [1.165, 1.54) is 6.42 Å². The van der Waals surface area contributed by atoms with Gasteiger partial charge in [-0.2, -0.15) is 5.10 Å². The molecule has 7 heteroatoms. The van der Waals surface area contributed by atoms with Crippen LogP contribution in [0.25, 0.3) is 5.69 Å². The van der Waals surface area contributed by atoms with Crippen molar-refractivity contribution in [3.63, 3.8) is 0 Å². The highest BCUT2D eigenvalue weighted by molar-refractivity contribution is 6.30. The van der Waals surface area contributed by atoms with Gasteiger partial charge < -0.3 is 10.6 Å². The van der Waals surface area contributed by atoms with Crippen LogP contribution in [0.1, 0.15) is 48.7 Å². The number of nitrogens with one attached hydrogen (secondary N) is 2. The summed E-state index contributed by atoms with van der Waals surface area (Å²) in [6.45, 7) is 7.00. The minimum absolute atomic E-state index is 0. The molecule has 0 spiro atoms. The topological polar surface area (TPSA) is 59.0 Å². The van der Waals surface area contributed by atoms with Crippen molar-refractivity contribution in [2.75, 3.05) is 19.6 Å². The Labute approximate surface area is 165 Å². The van der Waals surface area contributed by atoms with Crippen molar-refractivity contribution in [3.05, 3.63) is 46.7 Å². The van der Waals surface area contributed by atoms with Gasteiger partial charge in [0.2, 0.25) is 0 Å². The van der Waals surface area contributed by atoms with E-state index in [9.17, 15) is 4.79 Å². The standard InChI is InChI=1S/C19H25ClN4O.ClH/c1-13(2)18-17(19(25)22-10-8-14-7-9-21-11-14)12-23-24(18)16-5-3-15(20)4-6-16;/h3-6,12-14,21H,7-11H2,1-2H3,(H,22,25);1H. The maximum absolute atomic E-state index is 12.6. The second-order valence-corrected chi connectivity index (χ2v) is 7.33. The molecule has 1 atom stereocenters. The van der Waals surface area contributed by atoms with Gasteiger partial charge in [0.05, 0.1) is 23.1 Å². The summed E-state index contributed by atoms with van der Waals surface area (Å²) < 4.78 is 1.83. The molecule has 1 saturated heterocycles. The van der Waals surface area contributed by atoms with Gasteiger partial charge in [-0.3, -0.25) is 4.79 Å². The predicted molar refractivity (Wildman–Crippen MR) is 108 cm³/mol. The Bertz CT molecular complexity index is 722. The maximum atomic E-state index is 12.6. The lowest BCUT2D eigenvalue weighted by molar-refractivity contribution is 0.0950. The lowest BCUT2D eigenvalue weighted by Gasteiger charge is -2.14. The van der Waals surface area contributed by atoms with Gasteiger partial charge in [0, 0.05) is 11.6 Å². The fourth-order valence-electron chi connectivity index (χ4n) is 3.32. The fraction of sp³-hybridized carbons (Fsp3) is 0.474. The molecular formula is C19H26Cl2N4O. The van der Waals surface area contributed by atoms with Gasteiger partial charge in [0.15, 0.2) is 0 Å². The van der Waals surface area contributed by atoms with Gasteiger partial charge in [-0.25, -0.2) is 4.68 Å². The predicted octanol–water partition coefficient (Wildman–Crippen LogP) is 3.80. The number of benzene rings is 1. The van der Waals surface area contributed by atoms with E-state index in [0.717, 1.165) is 30.9 Å². The number of amides is 1. The third kappa shape index (κ3) is 4.78. The highest BCUT2D eigenvalue weighted by Crippen LogP contribution is 2.24. The van der Waals surface area contributed by atoms with Crippen molar-refractivity contribution >= 4 is 29.9 Å². The quantitative estimate of drug-likeness (QED) is 0.780. The lowest BCUT2D eigenvalue weighted by Crippen LogP contribution is -2.27. The normalized spacial score (nSPS) is 16.5. The Morgan fingerprint density at radius 2 is 2.12 bits per heavy atom. The molecule has 0 saturated carbocycles. The van der Waals surface area contributed by atoms with Gasteiger partial charge in [-0.05, 0) is 62.0 Å². The zero-order valence-electron chi connectivity index (χ0n) is 15.2. The third-order valence-electron chi connectivity index (χ3n) is 4.67. The minimum Gasteiger partial charge on any atom is -0.352 e. The Balaban J connectivity index is 0.00000243. The molecule has 0 aliphatic carbocycles. The molecule has 0 bridgehead atoms. The maximum Gasteiger partial charge on any atom is 0.254 e. The average molecular weight is 397 g/mol. The van der Waals surface area contributed by atoms with E-state index < -0.39 is 0 Å². The van der Waals surface area contributed by atoms with Crippen molar-refractivity contribution in [2.24, 2.45) is 5.92 Å². The Morgan fingerprint density at radius 3 is 2.73 bits per heavy atom. The van der Waals surface area contributed by atoms with E-state index in [1.54, 1.807) is 6.20 Å². The molecule has 0 radical (unpaired) electrons. The summed E-state index contributed by atoms with van der Waals surface area (Å²) in [4.78, 5) is 12.6. The largest absolute Gasteiger partial charge is 0.352 e. The number of hydrogen-bond donors (Lipinski definition) is 2. The number of aromatic nitrogens is 2. The van der Waals surface area contributed by atoms with Crippen molar-refractivity contribution in [2.45, 2.75) is 32.6 Å². The second kappa shape index (κ2) is 9.40. The van der Waals surface area contributed by atoms with E-state index in [-0.39, 0.29) is 24.2 Å². The molecule has 26 heavy (non-hydrogen) atoms. The summed E-state index contributed by atoms with van der Waals surface area (Å²) in [5.74, 6) is 0.800. The minimum atomic E-state index is -0.0464. The van der Waals surface area contributed by atoms with Gasteiger partial charge in [-0.15, -0.1) is 12.4 Å². The van der Waals surface area contributed by atoms with Crippen LogP contribution in [-0.4, -0.2) is 35.3 Å². The van der Waals surface area contributed by atoms with Crippen LogP contribution >= 0.6 is 24.0 Å². The first-order valence-electron chi connectivity index (χ1n) is 8.89. The molecule has 3 rings (SSSR count). The Hall–Kier alpha value is -1.56. The molecule has 1 fully saturated rings. The highest BCUT2D eigenvalue weighted by Gasteiger charge is 2.21. The molecule has 1 amide bonds. The Morgan fingerprint density at radius 1 is 1.38 bits per heavy atom. The first-order valence-corrected chi connectivity index (χ1v) is 9.27. The van der Waals surface area contributed by atoms with Crippen LogP contribution in [0.15, 0.2) is 30.5 Å². The number of carbonyl (C=O) groups is 1. The van der Waals surface area contributed by atoms with Crippen LogP contribution in [0.4, 0.5) is 0 Å². The summed E-state index contributed by atoms with van der Waals surface area (Å²) in [6.07, 6.45) is 3.87. The van der Waals surface area contributed by atoms with E-state index in [4.69, 9.17) is 11.6 Å². The number of halogens is 2. The smallest absolute Gasteiger partial charge is 0.254 e. The molecule has 1 aromatic heterocycles. The fourth-order valence-corrected chi connectivity index (χ4v) is 3.45. The van der Waals surface area contributed by atoms with Crippen LogP contribution in [0.3, 0.4) is 0 Å². The van der Waals surface area contributed by atoms with E-state index in [0.29, 0.717) is 23.0 Å². The average Bonchev–Trinajstić information content (AvgIpc) is 3.24. The highest BCUT2D eigenvalue weighted by atomic mass is 35.5. The van der Waals surface area contributed by atoms with E-state index >= 15 is 0 Å². The van der Waals surface area contributed by atoms with Crippen molar-refractivity contribution in [1.82, 2.24) is 20.4 Å². The number of hydrogen-bond acceptors (Lipinski definition) is 3. The summed E-state index contributed by atoms with van der Waals surface area (Å²) >= 11 is 5.97.